The average Bonchev–Trinajstić information content (AvgIpc) is 3.06. The van der Waals surface area contributed by atoms with Crippen LogP contribution in [0.4, 0.5) is 0 Å². The molecule has 0 aliphatic heterocycles. The number of hydrogen-bond donors (Lipinski definition) is 1. The maximum Gasteiger partial charge on any atom is 0.230 e. The third-order valence-electron chi connectivity index (χ3n) is 5.17. The van der Waals surface area contributed by atoms with Crippen molar-refractivity contribution in [2.45, 2.75) is 51.2 Å². The third kappa shape index (κ3) is 4.21. The number of hydrogen-bond acceptors (Lipinski definition) is 5. The highest BCUT2D eigenvalue weighted by Gasteiger charge is 2.28. The zero-order valence-electron chi connectivity index (χ0n) is 15.0. The molecule has 3 atom stereocenters. The molecule has 0 spiro atoms. The number of aryl methyl sites for hydroxylation is 1. The maximum absolute atomic E-state index is 12.4. The first-order valence-corrected chi connectivity index (χ1v) is 9.81. The molecule has 1 fully saturated rings. The van der Waals surface area contributed by atoms with Crippen LogP contribution in [0.3, 0.4) is 0 Å². The van der Waals surface area contributed by atoms with Crippen LogP contribution in [0.15, 0.2) is 29.4 Å². The summed E-state index contributed by atoms with van der Waals surface area (Å²) in [7, 11) is 0. The summed E-state index contributed by atoms with van der Waals surface area (Å²) in [6.45, 7) is 6.53. The summed E-state index contributed by atoms with van der Waals surface area (Å²) in [5, 5.41) is 15.7. The highest BCUT2D eigenvalue weighted by molar-refractivity contribution is 7.99. The number of nitrogens with one attached hydrogen (secondary N) is 1. The van der Waals surface area contributed by atoms with E-state index in [0.29, 0.717) is 22.7 Å². The number of carbonyl (C=O) groups is 1. The molecule has 1 aromatic carbocycles. The quantitative estimate of drug-likeness (QED) is 0.831. The Labute approximate surface area is 152 Å². The first-order chi connectivity index (χ1) is 12.1. The number of aromatic nitrogens is 4. The van der Waals surface area contributed by atoms with Crippen LogP contribution in [-0.2, 0) is 4.79 Å². The molecule has 25 heavy (non-hydrogen) atoms. The minimum Gasteiger partial charge on any atom is -0.352 e. The SMILES string of the molecule is Cc1ccccc1-n1nnnc1SCC(=O)NC1CCCC(C)C1C. The maximum atomic E-state index is 12.4. The van der Waals surface area contributed by atoms with Crippen LogP contribution < -0.4 is 5.32 Å². The second kappa shape index (κ2) is 7.99. The van der Waals surface area contributed by atoms with Crippen LogP contribution >= 0.6 is 11.8 Å². The van der Waals surface area contributed by atoms with Gasteiger partial charge in [-0.1, -0.05) is 56.7 Å². The van der Waals surface area contributed by atoms with Crippen molar-refractivity contribution in [1.29, 1.82) is 0 Å². The van der Waals surface area contributed by atoms with E-state index in [2.05, 4.69) is 34.7 Å². The van der Waals surface area contributed by atoms with Gasteiger partial charge in [-0.2, -0.15) is 4.68 Å². The fourth-order valence-electron chi connectivity index (χ4n) is 3.39. The number of para-hydroxylation sites is 1. The molecule has 0 saturated heterocycles. The predicted octanol–water partition coefficient (Wildman–Crippen LogP) is 3.00. The summed E-state index contributed by atoms with van der Waals surface area (Å²) in [5.74, 6) is 1.57. The summed E-state index contributed by atoms with van der Waals surface area (Å²) in [5.41, 5.74) is 2.02. The van der Waals surface area contributed by atoms with Gasteiger partial charge >= 0.3 is 0 Å². The van der Waals surface area contributed by atoms with Crippen molar-refractivity contribution in [1.82, 2.24) is 25.5 Å². The molecule has 1 heterocycles. The van der Waals surface area contributed by atoms with Crippen LogP contribution in [0, 0.1) is 18.8 Å². The fourth-order valence-corrected chi connectivity index (χ4v) is 4.08. The molecular formula is C18H25N5OS. The lowest BCUT2D eigenvalue weighted by atomic mass is 9.78. The molecule has 6 nitrogen and oxygen atoms in total. The van der Waals surface area contributed by atoms with Crippen molar-refractivity contribution in [2.24, 2.45) is 11.8 Å². The highest BCUT2D eigenvalue weighted by atomic mass is 32.2. The molecule has 134 valence electrons. The molecule has 1 saturated carbocycles. The van der Waals surface area contributed by atoms with Gasteiger partial charge in [-0.05, 0) is 47.2 Å². The van der Waals surface area contributed by atoms with E-state index in [-0.39, 0.29) is 11.9 Å². The van der Waals surface area contributed by atoms with E-state index >= 15 is 0 Å². The van der Waals surface area contributed by atoms with E-state index in [1.54, 1.807) is 4.68 Å². The molecule has 1 aliphatic rings. The Kier molecular flexibility index (Phi) is 5.73. The number of carbonyl (C=O) groups excluding carboxylic acids is 1. The van der Waals surface area contributed by atoms with Gasteiger partial charge in [0.2, 0.25) is 11.1 Å². The summed E-state index contributed by atoms with van der Waals surface area (Å²) in [4.78, 5) is 12.4. The Hall–Kier alpha value is -1.89. The largest absolute Gasteiger partial charge is 0.352 e. The van der Waals surface area contributed by atoms with Crippen molar-refractivity contribution >= 4 is 17.7 Å². The lowest BCUT2D eigenvalue weighted by Gasteiger charge is -2.34. The van der Waals surface area contributed by atoms with E-state index in [1.807, 2.05) is 31.2 Å². The summed E-state index contributed by atoms with van der Waals surface area (Å²) >= 11 is 1.37. The summed E-state index contributed by atoms with van der Waals surface area (Å²) in [6, 6.07) is 8.21. The van der Waals surface area contributed by atoms with Gasteiger partial charge in [-0.15, -0.1) is 5.10 Å². The molecule has 7 heteroatoms. The molecular weight excluding hydrogens is 334 g/mol. The van der Waals surface area contributed by atoms with Gasteiger partial charge < -0.3 is 5.32 Å². The molecule has 1 N–H and O–H groups in total. The first-order valence-electron chi connectivity index (χ1n) is 8.83. The second-order valence-corrected chi connectivity index (χ2v) is 7.83. The van der Waals surface area contributed by atoms with Crippen LogP contribution in [0.2, 0.25) is 0 Å². The molecule has 3 rings (SSSR count). The molecule has 1 amide bonds. The zero-order valence-corrected chi connectivity index (χ0v) is 15.8. The number of benzene rings is 1. The topological polar surface area (TPSA) is 72.7 Å². The van der Waals surface area contributed by atoms with Gasteiger partial charge in [-0.3, -0.25) is 4.79 Å². The number of thioether (sulfide) groups is 1. The van der Waals surface area contributed by atoms with E-state index in [9.17, 15) is 4.79 Å². The van der Waals surface area contributed by atoms with Crippen LogP contribution in [-0.4, -0.2) is 37.9 Å². The minimum atomic E-state index is 0.0512. The summed E-state index contributed by atoms with van der Waals surface area (Å²) in [6.07, 6.45) is 3.52. The Morgan fingerprint density at radius 2 is 2.12 bits per heavy atom. The first kappa shape index (κ1) is 17.9. The zero-order chi connectivity index (χ0) is 17.8. The van der Waals surface area contributed by atoms with Crippen LogP contribution in [0.5, 0.6) is 0 Å². The van der Waals surface area contributed by atoms with Crippen molar-refractivity contribution < 1.29 is 4.79 Å². The second-order valence-electron chi connectivity index (χ2n) is 6.89. The lowest BCUT2D eigenvalue weighted by Crippen LogP contribution is -2.44. The Morgan fingerprint density at radius 3 is 2.92 bits per heavy atom. The van der Waals surface area contributed by atoms with Gasteiger partial charge in [0.25, 0.3) is 0 Å². The summed E-state index contributed by atoms with van der Waals surface area (Å²) < 4.78 is 1.69. The molecule has 0 bridgehead atoms. The number of rotatable bonds is 5. The van der Waals surface area contributed by atoms with E-state index in [0.717, 1.165) is 17.7 Å². The van der Waals surface area contributed by atoms with Crippen molar-refractivity contribution in [3.8, 4) is 5.69 Å². The highest BCUT2D eigenvalue weighted by Crippen LogP contribution is 2.29. The van der Waals surface area contributed by atoms with Crippen molar-refractivity contribution in [3.63, 3.8) is 0 Å². The van der Waals surface area contributed by atoms with Crippen molar-refractivity contribution in [3.05, 3.63) is 29.8 Å². The fraction of sp³-hybridized carbons (Fsp3) is 0.556. The third-order valence-corrected chi connectivity index (χ3v) is 6.09. The van der Waals surface area contributed by atoms with Crippen molar-refractivity contribution in [2.75, 3.05) is 5.75 Å². The molecule has 1 aliphatic carbocycles. The monoisotopic (exact) mass is 359 g/mol. The Morgan fingerprint density at radius 1 is 1.32 bits per heavy atom. The van der Waals surface area contributed by atoms with E-state index in [4.69, 9.17) is 0 Å². The van der Waals surface area contributed by atoms with E-state index < -0.39 is 0 Å². The van der Waals surface area contributed by atoms with Gasteiger partial charge in [-0.25, -0.2) is 0 Å². The van der Waals surface area contributed by atoms with Gasteiger partial charge in [0.1, 0.15) is 0 Å². The van der Waals surface area contributed by atoms with Crippen LogP contribution in [0.1, 0.15) is 38.7 Å². The lowest BCUT2D eigenvalue weighted by molar-refractivity contribution is -0.120. The smallest absolute Gasteiger partial charge is 0.230 e. The standard InChI is InChI=1S/C18H25N5OS/c1-12-8-6-9-15(14(12)3)19-17(24)11-25-18-20-21-22-23(18)16-10-5-4-7-13(16)2/h4-5,7,10,12,14-15H,6,8-9,11H2,1-3H3,(H,19,24). The number of tetrazole rings is 1. The molecule has 1 aromatic heterocycles. The minimum absolute atomic E-state index is 0.0512. The predicted molar refractivity (Wildman–Crippen MR) is 98.7 cm³/mol. The average molecular weight is 359 g/mol. The Balaban J connectivity index is 1.60. The van der Waals surface area contributed by atoms with Gasteiger partial charge in [0, 0.05) is 6.04 Å². The van der Waals surface area contributed by atoms with Crippen LogP contribution in [0.25, 0.3) is 5.69 Å². The number of amides is 1. The van der Waals surface area contributed by atoms with Gasteiger partial charge in [0.05, 0.1) is 11.4 Å². The normalized spacial score (nSPS) is 23.4. The molecule has 2 aromatic rings. The number of nitrogens with zero attached hydrogens (tertiary/aromatic N) is 4. The molecule has 3 unspecified atom stereocenters. The van der Waals surface area contributed by atoms with Gasteiger partial charge in [0.15, 0.2) is 0 Å². The molecule has 0 radical (unpaired) electrons. The Bertz CT molecular complexity index is 732. The van der Waals surface area contributed by atoms with E-state index in [1.165, 1.54) is 24.6 Å².